The summed E-state index contributed by atoms with van der Waals surface area (Å²) in [7, 11) is 1.38. The summed E-state index contributed by atoms with van der Waals surface area (Å²) >= 11 is 0. The molecular weight excluding hydrogens is 653 g/mol. The van der Waals surface area contributed by atoms with Crippen molar-refractivity contribution in [1.82, 2.24) is 0 Å². The van der Waals surface area contributed by atoms with Crippen LogP contribution in [0.25, 0.3) is 0 Å². The van der Waals surface area contributed by atoms with Gasteiger partial charge in [0.15, 0.2) is 6.10 Å². The van der Waals surface area contributed by atoms with Crippen LogP contribution in [0.3, 0.4) is 0 Å². The Morgan fingerprint density at radius 1 is 0.620 bits per heavy atom. The van der Waals surface area contributed by atoms with Crippen molar-refractivity contribution in [3.8, 4) is 0 Å². The molecule has 1 unspecified atom stereocenters. The van der Waals surface area contributed by atoms with Crippen molar-refractivity contribution in [2.45, 2.75) is 148 Å². The molecule has 0 rings (SSSR count). The van der Waals surface area contributed by atoms with E-state index in [9.17, 15) is 19.0 Å². The van der Waals surface area contributed by atoms with Crippen LogP contribution in [0, 0.1) is 0 Å². The molecule has 2 atom stereocenters. The fourth-order valence-electron chi connectivity index (χ4n) is 4.95. The largest absolute Gasteiger partial charge is 0.472 e. The Morgan fingerprint density at radius 3 is 1.52 bits per heavy atom. The number of ether oxygens (including phenoxy) is 2. The summed E-state index contributed by atoms with van der Waals surface area (Å²) in [6, 6.07) is 0. The summed E-state index contributed by atoms with van der Waals surface area (Å²) in [6.07, 6.45) is 37.1. The van der Waals surface area contributed by atoms with E-state index in [4.69, 9.17) is 18.5 Å². The number of carbonyl (C=O) groups is 2. The topological polar surface area (TPSA) is 108 Å². The van der Waals surface area contributed by atoms with E-state index < -0.39 is 32.5 Å². The molecule has 1 N–H and O–H groups in total. The van der Waals surface area contributed by atoms with E-state index in [1.54, 1.807) is 18.2 Å². The van der Waals surface area contributed by atoms with Crippen LogP contribution < -0.4 is 0 Å². The molecule has 0 aliphatic rings. The minimum Gasteiger partial charge on any atom is -0.458 e. The fraction of sp³-hybridized carbons (Fsp3) is 0.750. The molecule has 0 radical (unpaired) electrons. The zero-order valence-corrected chi connectivity index (χ0v) is 33.3. The third kappa shape index (κ3) is 35.8. The van der Waals surface area contributed by atoms with Crippen molar-refractivity contribution >= 4 is 19.8 Å². The molecule has 9 nitrogen and oxygen atoms in total. The summed E-state index contributed by atoms with van der Waals surface area (Å²) in [6.45, 7) is 4.13. The van der Waals surface area contributed by atoms with Gasteiger partial charge >= 0.3 is 19.8 Å². The smallest absolute Gasteiger partial charge is 0.458 e. The molecule has 0 aromatic carbocycles. The van der Waals surface area contributed by atoms with Gasteiger partial charge in [-0.05, 0) is 25.7 Å². The first-order valence-corrected chi connectivity index (χ1v) is 20.9. The Morgan fingerprint density at radius 2 is 1.06 bits per heavy atom. The number of allylic oxidation sites excluding steroid dienone is 6. The van der Waals surface area contributed by atoms with Gasteiger partial charge in [0.2, 0.25) is 0 Å². The maximum absolute atomic E-state index is 12.5. The van der Waals surface area contributed by atoms with Crippen LogP contribution in [0.1, 0.15) is 142 Å². The molecule has 0 fully saturated rings. The van der Waals surface area contributed by atoms with Gasteiger partial charge < -0.3 is 18.9 Å². The molecule has 0 aromatic rings. The average Bonchev–Trinajstić information content (AvgIpc) is 3.06. The Labute approximate surface area is 305 Å². The van der Waals surface area contributed by atoms with E-state index >= 15 is 0 Å². The number of esters is 2. The molecule has 0 saturated heterocycles. The zero-order valence-electron chi connectivity index (χ0n) is 32.4. The number of hydrogen-bond acceptors (Lipinski definition) is 7. The Kier molecular flexibility index (Phi) is 31.5. The Bertz CT molecular complexity index is 1000. The summed E-state index contributed by atoms with van der Waals surface area (Å²) in [5, 5.41) is 0. The van der Waals surface area contributed by atoms with E-state index in [1.807, 2.05) is 39.4 Å². The van der Waals surface area contributed by atoms with Crippen LogP contribution in [-0.2, 0) is 32.7 Å². The van der Waals surface area contributed by atoms with E-state index in [1.165, 1.54) is 115 Å². The molecule has 0 amide bonds. The first kappa shape index (κ1) is 48.0. The second-order valence-electron chi connectivity index (χ2n) is 14.1. The average molecular weight is 727 g/mol. The van der Waals surface area contributed by atoms with Crippen LogP contribution in [0.2, 0.25) is 0 Å². The van der Waals surface area contributed by atoms with Crippen molar-refractivity contribution in [3.05, 3.63) is 48.6 Å². The minimum atomic E-state index is -4.41. The Balaban J connectivity index is 4.67. The molecule has 0 saturated carbocycles. The lowest BCUT2D eigenvalue weighted by Crippen LogP contribution is -2.37. The summed E-state index contributed by atoms with van der Waals surface area (Å²) in [5.74, 6) is -1.31. The maximum atomic E-state index is 12.5. The minimum absolute atomic E-state index is 0.00226. The maximum Gasteiger partial charge on any atom is 0.472 e. The first-order chi connectivity index (χ1) is 24.0. The standard InChI is InChI=1S/C40H72NO8P/c1-6-8-10-12-14-16-18-20-22-24-26-28-30-32-39(42)46-36-38(37-48-50(44,45)47-35-34-41(3,4)5)49-40(43)33-31-29-27-25-23-21-19-17-15-13-11-9-7-2/h26-33,38H,6-25,34-37H2,1-5H3/p+1/b28-26-,29-27-,32-30-,33-31-/t38-/m1/s1. The van der Waals surface area contributed by atoms with Crippen LogP contribution in [0.4, 0.5) is 0 Å². The highest BCUT2D eigenvalue weighted by molar-refractivity contribution is 7.47. The number of hydrogen-bond donors (Lipinski definition) is 1. The van der Waals surface area contributed by atoms with Crippen molar-refractivity contribution in [2.75, 3.05) is 47.5 Å². The lowest BCUT2D eigenvalue weighted by atomic mass is 10.1. The summed E-state index contributed by atoms with van der Waals surface area (Å²) in [4.78, 5) is 34.9. The summed E-state index contributed by atoms with van der Waals surface area (Å²) in [5.41, 5.74) is 0. The predicted molar refractivity (Wildman–Crippen MR) is 206 cm³/mol. The van der Waals surface area contributed by atoms with Gasteiger partial charge in [-0.25, -0.2) is 14.2 Å². The predicted octanol–water partition coefficient (Wildman–Crippen LogP) is 10.3. The van der Waals surface area contributed by atoms with Gasteiger partial charge in [-0.3, -0.25) is 9.05 Å². The number of carbonyl (C=O) groups excluding carboxylic acids is 2. The Hall–Kier alpha value is -2.03. The number of quaternary nitrogens is 1. The van der Waals surface area contributed by atoms with Crippen molar-refractivity contribution in [1.29, 1.82) is 0 Å². The van der Waals surface area contributed by atoms with Gasteiger partial charge in [0.05, 0.1) is 27.7 Å². The number of phosphoric ester groups is 1. The van der Waals surface area contributed by atoms with Crippen molar-refractivity contribution < 1.29 is 42.1 Å². The normalized spacial score (nSPS) is 14.3. The van der Waals surface area contributed by atoms with Crippen molar-refractivity contribution in [3.63, 3.8) is 0 Å². The van der Waals surface area contributed by atoms with E-state index in [2.05, 4.69) is 13.8 Å². The van der Waals surface area contributed by atoms with Crippen molar-refractivity contribution in [2.24, 2.45) is 0 Å². The highest BCUT2D eigenvalue weighted by Gasteiger charge is 2.26. The monoisotopic (exact) mass is 727 g/mol. The molecule has 0 aliphatic heterocycles. The molecule has 0 aliphatic carbocycles. The van der Waals surface area contributed by atoms with Gasteiger partial charge in [-0.15, -0.1) is 0 Å². The third-order valence-corrected chi connectivity index (χ3v) is 9.03. The van der Waals surface area contributed by atoms with Crippen LogP contribution in [0.5, 0.6) is 0 Å². The lowest BCUT2D eigenvalue weighted by molar-refractivity contribution is -0.870. The molecule has 0 aromatic heterocycles. The highest BCUT2D eigenvalue weighted by atomic mass is 31.2. The first-order valence-electron chi connectivity index (χ1n) is 19.4. The van der Waals surface area contributed by atoms with E-state index in [0.717, 1.165) is 25.7 Å². The van der Waals surface area contributed by atoms with Gasteiger partial charge in [-0.2, -0.15) is 0 Å². The van der Waals surface area contributed by atoms with E-state index in [0.29, 0.717) is 11.0 Å². The molecule has 10 heteroatoms. The van der Waals surface area contributed by atoms with Gasteiger partial charge in [-0.1, -0.05) is 153 Å². The lowest BCUT2D eigenvalue weighted by Gasteiger charge is -2.24. The second kappa shape index (κ2) is 32.8. The highest BCUT2D eigenvalue weighted by Crippen LogP contribution is 2.43. The number of likely N-dealkylation sites (N-methyl/N-ethyl adjacent to an activating group) is 1. The van der Waals surface area contributed by atoms with Crippen LogP contribution in [0.15, 0.2) is 48.6 Å². The molecule has 50 heavy (non-hydrogen) atoms. The van der Waals surface area contributed by atoms with Gasteiger partial charge in [0.25, 0.3) is 0 Å². The van der Waals surface area contributed by atoms with E-state index in [-0.39, 0.29) is 13.2 Å². The fourth-order valence-corrected chi connectivity index (χ4v) is 5.69. The SMILES string of the molecule is CCCCCCCCCCC/C=C\C=C/C(=O)OC[C@H](COP(=O)(O)OCC[N+](C)(C)C)OC(=O)/C=C\C=C/CCCCCCCCCCC. The second-order valence-corrected chi connectivity index (χ2v) is 15.6. The quantitative estimate of drug-likeness (QED) is 0.0174. The number of phosphoric acid groups is 1. The van der Waals surface area contributed by atoms with Crippen LogP contribution in [-0.4, -0.2) is 74.9 Å². The molecular formula is C40H73NO8P+. The number of rotatable bonds is 34. The third-order valence-electron chi connectivity index (χ3n) is 8.04. The molecule has 290 valence electrons. The van der Waals surface area contributed by atoms with Gasteiger partial charge in [0.1, 0.15) is 19.8 Å². The number of nitrogens with zero attached hydrogens (tertiary/aromatic N) is 1. The zero-order chi connectivity index (χ0) is 37.2. The number of unbranched alkanes of at least 4 members (excludes halogenated alkanes) is 18. The summed E-state index contributed by atoms with van der Waals surface area (Å²) < 4.78 is 33.7. The van der Waals surface area contributed by atoms with Gasteiger partial charge in [0, 0.05) is 12.2 Å². The molecule has 0 spiro atoms. The molecule has 0 heterocycles. The molecule has 0 bridgehead atoms. The van der Waals surface area contributed by atoms with Crippen LogP contribution >= 0.6 is 7.82 Å².